The summed E-state index contributed by atoms with van der Waals surface area (Å²) in [6.07, 6.45) is 1.71. The molecule has 0 radical (unpaired) electrons. The Morgan fingerprint density at radius 3 is 2.75 bits per heavy atom. The molecule has 0 saturated heterocycles. The second-order valence-electron chi connectivity index (χ2n) is 5.97. The Hall–Kier alpha value is -2.69. The predicted octanol–water partition coefficient (Wildman–Crippen LogP) is 3.35. The van der Waals surface area contributed by atoms with Gasteiger partial charge in [-0.3, -0.25) is 15.1 Å². The first-order chi connectivity index (χ1) is 11.5. The van der Waals surface area contributed by atoms with E-state index < -0.39 is 0 Å². The number of aryl methyl sites for hydroxylation is 1. The van der Waals surface area contributed by atoms with Gasteiger partial charge >= 0.3 is 0 Å². The zero-order valence-electron chi connectivity index (χ0n) is 14.3. The molecule has 0 aliphatic rings. The number of amidine groups is 1. The largest absolute Gasteiger partial charge is 0.465 e. The number of aliphatic imine (C=N–C) groups is 1. The molecule has 1 aromatic heterocycles. The van der Waals surface area contributed by atoms with Crippen LogP contribution in [0.1, 0.15) is 35.5 Å². The second-order valence-corrected chi connectivity index (χ2v) is 5.97. The average Bonchev–Trinajstić information content (AvgIpc) is 2.58. The molecule has 126 valence electrons. The van der Waals surface area contributed by atoms with E-state index in [1.165, 1.54) is 0 Å². The SMILES string of the molecule is Cc1cccc(C(=O)NC(=NCc2ccccn2)OCC(C)C)c1. The standard InChI is InChI=1S/C19H23N3O2/c1-14(2)13-24-19(21-12-17-9-4-5-10-20-17)22-18(23)16-8-6-7-15(3)11-16/h4-11,14H,12-13H2,1-3H3,(H,21,22,23). The van der Waals surface area contributed by atoms with Crippen molar-refractivity contribution in [2.24, 2.45) is 10.9 Å². The number of carbonyl (C=O) groups is 1. The number of ether oxygens (including phenoxy) is 1. The van der Waals surface area contributed by atoms with Crippen molar-refractivity contribution < 1.29 is 9.53 Å². The Kier molecular flexibility index (Phi) is 6.49. The van der Waals surface area contributed by atoms with Crippen LogP contribution in [0.2, 0.25) is 0 Å². The Morgan fingerprint density at radius 1 is 1.25 bits per heavy atom. The fraction of sp³-hybridized carbons (Fsp3) is 0.316. The van der Waals surface area contributed by atoms with Gasteiger partial charge in [0, 0.05) is 11.8 Å². The van der Waals surface area contributed by atoms with Gasteiger partial charge in [0.05, 0.1) is 18.8 Å². The Bertz CT molecular complexity index is 697. The van der Waals surface area contributed by atoms with Crippen LogP contribution in [-0.4, -0.2) is 23.5 Å². The maximum Gasteiger partial charge on any atom is 0.292 e. The molecule has 2 aromatic rings. The van der Waals surface area contributed by atoms with Crippen LogP contribution in [0, 0.1) is 12.8 Å². The number of carbonyl (C=O) groups excluding carboxylic acids is 1. The van der Waals surface area contributed by atoms with E-state index >= 15 is 0 Å². The summed E-state index contributed by atoms with van der Waals surface area (Å²) in [5.74, 6) is 0.100. The molecule has 1 amide bonds. The molecule has 0 aliphatic heterocycles. The van der Waals surface area contributed by atoms with Gasteiger partial charge < -0.3 is 4.74 Å². The van der Waals surface area contributed by atoms with Gasteiger partial charge in [0.2, 0.25) is 0 Å². The average molecular weight is 325 g/mol. The summed E-state index contributed by atoms with van der Waals surface area (Å²) in [5.41, 5.74) is 2.42. The third kappa shape index (κ3) is 5.83. The Morgan fingerprint density at radius 2 is 2.08 bits per heavy atom. The molecule has 1 heterocycles. The van der Waals surface area contributed by atoms with Crippen molar-refractivity contribution in [1.82, 2.24) is 10.3 Å². The highest BCUT2D eigenvalue weighted by atomic mass is 16.5. The summed E-state index contributed by atoms with van der Waals surface area (Å²) < 4.78 is 5.64. The molecule has 2 rings (SSSR count). The molecule has 0 unspecified atom stereocenters. The van der Waals surface area contributed by atoms with Crippen LogP contribution in [-0.2, 0) is 11.3 Å². The van der Waals surface area contributed by atoms with Crippen LogP contribution in [0.3, 0.4) is 0 Å². The van der Waals surface area contributed by atoms with Gasteiger partial charge in [-0.25, -0.2) is 4.99 Å². The van der Waals surface area contributed by atoms with Gasteiger partial charge in [-0.05, 0) is 37.1 Å². The van der Waals surface area contributed by atoms with Gasteiger partial charge in [-0.15, -0.1) is 0 Å². The molecule has 5 nitrogen and oxygen atoms in total. The van der Waals surface area contributed by atoms with Gasteiger partial charge in [0.1, 0.15) is 0 Å². The van der Waals surface area contributed by atoms with Gasteiger partial charge in [-0.2, -0.15) is 0 Å². The number of hydrogen-bond donors (Lipinski definition) is 1. The summed E-state index contributed by atoms with van der Waals surface area (Å²) in [6, 6.07) is 13.2. The van der Waals surface area contributed by atoms with E-state index in [1.807, 2.05) is 57.2 Å². The van der Waals surface area contributed by atoms with Crippen LogP contribution in [0.5, 0.6) is 0 Å². The smallest absolute Gasteiger partial charge is 0.292 e. The van der Waals surface area contributed by atoms with E-state index in [0.29, 0.717) is 24.6 Å². The van der Waals surface area contributed by atoms with Crippen molar-refractivity contribution in [1.29, 1.82) is 0 Å². The van der Waals surface area contributed by atoms with Gasteiger partial charge in [-0.1, -0.05) is 37.6 Å². The summed E-state index contributed by atoms with van der Waals surface area (Å²) in [6.45, 7) is 6.86. The summed E-state index contributed by atoms with van der Waals surface area (Å²) >= 11 is 0. The predicted molar refractivity (Wildman–Crippen MR) is 94.8 cm³/mol. The van der Waals surface area contributed by atoms with E-state index in [9.17, 15) is 4.79 Å². The first kappa shape index (κ1) is 17.7. The molecular formula is C19H23N3O2. The van der Waals surface area contributed by atoms with Crippen molar-refractivity contribution in [3.05, 3.63) is 65.5 Å². The summed E-state index contributed by atoms with van der Waals surface area (Å²) in [7, 11) is 0. The normalized spacial score (nSPS) is 11.4. The van der Waals surface area contributed by atoms with E-state index in [0.717, 1.165) is 11.3 Å². The summed E-state index contributed by atoms with van der Waals surface area (Å²) in [5, 5.41) is 2.75. The van der Waals surface area contributed by atoms with Crippen LogP contribution >= 0.6 is 0 Å². The number of hydrogen-bond acceptors (Lipinski definition) is 4. The lowest BCUT2D eigenvalue weighted by molar-refractivity contribution is 0.0963. The lowest BCUT2D eigenvalue weighted by Gasteiger charge is -2.12. The lowest BCUT2D eigenvalue weighted by atomic mass is 10.1. The fourth-order valence-corrected chi connectivity index (χ4v) is 1.97. The molecule has 0 saturated carbocycles. The maximum atomic E-state index is 12.4. The van der Waals surface area contributed by atoms with Crippen LogP contribution in [0.4, 0.5) is 0 Å². The van der Waals surface area contributed by atoms with E-state index in [-0.39, 0.29) is 11.9 Å². The summed E-state index contributed by atoms with van der Waals surface area (Å²) in [4.78, 5) is 20.9. The number of pyridine rings is 1. The molecule has 0 aliphatic carbocycles. The second kappa shape index (κ2) is 8.82. The minimum atomic E-state index is -0.234. The molecule has 1 N–H and O–H groups in total. The van der Waals surface area contributed by atoms with E-state index in [2.05, 4.69) is 15.3 Å². The first-order valence-corrected chi connectivity index (χ1v) is 8.00. The van der Waals surface area contributed by atoms with Crippen molar-refractivity contribution >= 4 is 11.9 Å². The molecular weight excluding hydrogens is 302 g/mol. The minimum absolute atomic E-state index is 0.223. The van der Waals surface area contributed by atoms with Crippen molar-refractivity contribution in [2.45, 2.75) is 27.3 Å². The molecule has 1 aromatic carbocycles. The number of aromatic nitrogens is 1. The molecule has 0 fully saturated rings. The first-order valence-electron chi connectivity index (χ1n) is 8.00. The number of rotatable bonds is 5. The minimum Gasteiger partial charge on any atom is -0.465 e. The van der Waals surface area contributed by atoms with Crippen LogP contribution in [0.25, 0.3) is 0 Å². The zero-order chi connectivity index (χ0) is 17.4. The Balaban J connectivity index is 2.08. The zero-order valence-corrected chi connectivity index (χ0v) is 14.3. The van der Waals surface area contributed by atoms with Crippen LogP contribution in [0.15, 0.2) is 53.7 Å². The number of nitrogens with zero attached hydrogens (tertiary/aromatic N) is 2. The number of benzene rings is 1. The monoisotopic (exact) mass is 325 g/mol. The third-order valence-electron chi connectivity index (χ3n) is 3.16. The third-order valence-corrected chi connectivity index (χ3v) is 3.16. The van der Waals surface area contributed by atoms with Gasteiger partial charge in [0.25, 0.3) is 11.9 Å². The van der Waals surface area contributed by atoms with E-state index in [1.54, 1.807) is 12.3 Å². The Labute approximate surface area is 142 Å². The quantitative estimate of drug-likeness (QED) is 0.677. The highest BCUT2D eigenvalue weighted by molar-refractivity contribution is 6.04. The molecule has 0 spiro atoms. The lowest BCUT2D eigenvalue weighted by Crippen LogP contribution is -2.33. The molecule has 24 heavy (non-hydrogen) atoms. The van der Waals surface area contributed by atoms with Crippen molar-refractivity contribution in [3.63, 3.8) is 0 Å². The molecule has 0 atom stereocenters. The highest BCUT2D eigenvalue weighted by Crippen LogP contribution is 2.04. The molecule has 0 bridgehead atoms. The van der Waals surface area contributed by atoms with E-state index in [4.69, 9.17) is 4.74 Å². The van der Waals surface area contributed by atoms with Gasteiger partial charge in [0.15, 0.2) is 0 Å². The number of nitrogens with one attached hydrogen (secondary N) is 1. The number of amides is 1. The van der Waals surface area contributed by atoms with Crippen molar-refractivity contribution in [3.8, 4) is 0 Å². The molecule has 5 heteroatoms. The fourth-order valence-electron chi connectivity index (χ4n) is 1.97. The maximum absolute atomic E-state index is 12.4. The van der Waals surface area contributed by atoms with Crippen LogP contribution < -0.4 is 5.32 Å². The topological polar surface area (TPSA) is 63.6 Å². The highest BCUT2D eigenvalue weighted by Gasteiger charge is 2.11. The van der Waals surface area contributed by atoms with Crippen molar-refractivity contribution in [2.75, 3.05) is 6.61 Å².